The molecule has 2 nitrogen and oxygen atoms in total. The van der Waals surface area contributed by atoms with E-state index in [1.165, 1.54) is 4.70 Å². The van der Waals surface area contributed by atoms with Gasteiger partial charge < -0.3 is 0 Å². The Morgan fingerprint density at radius 1 is 1.43 bits per heavy atom. The number of fused-ring (bicyclic) bond motifs is 1. The molecule has 0 radical (unpaired) electrons. The molecule has 0 aliphatic heterocycles. The summed E-state index contributed by atoms with van der Waals surface area (Å²) in [6.45, 7) is 3.19. The van der Waals surface area contributed by atoms with Crippen LogP contribution in [0.1, 0.15) is 13.3 Å². The molecule has 0 spiro atoms. The molecule has 0 saturated carbocycles. The van der Waals surface area contributed by atoms with E-state index in [9.17, 15) is 0 Å². The number of hydrogen-bond acceptors (Lipinski definition) is 4. The summed E-state index contributed by atoms with van der Waals surface area (Å²) in [5.41, 5.74) is 1.10. The minimum Gasteiger partial charge on any atom is -0.258 e. The quantitative estimate of drug-likeness (QED) is 0.637. The molecule has 0 aliphatic rings. The summed E-state index contributed by atoms with van der Waals surface area (Å²) < 4.78 is 5.63. The lowest BCUT2D eigenvalue weighted by atomic mass is 10.3. The zero-order valence-electron chi connectivity index (χ0n) is 7.99. The first-order valence-corrected chi connectivity index (χ1v) is 6.28. The molecular weight excluding hydrogens is 212 g/mol. The Morgan fingerprint density at radius 2 is 2.29 bits per heavy atom. The van der Waals surface area contributed by atoms with Gasteiger partial charge in [0, 0.05) is 6.54 Å². The lowest BCUT2D eigenvalue weighted by molar-refractivity contribution is 0.877. The van der Waals surface area contributed by atoms with E-state index in [0.29, 0.717) is 0 Å². The molecule has 1 heterocycles. The molecule has 0 bridgehead atoms. The van der Waals surface area contributed by atoms with Crippen LogP contribution in [0.15, 0.2) is 28.6 Å². The second-order valence-electron chi connectivity index (χ2n) is 2.94. The van der Waals surface area contributed by atoms with Crippen molar-refractivity contribution in [3.05, 3.63) is 24.3 Å². The van der Waals surface area contributed by atoms with E-state index in [-0.39, 0.29) is 0 Å². The van der Waals surface area contributed by atoms with Crippen molar-refractivity contribution in [3.63, 3.8) is 0 Å². The molecule has 1 aromatic carbocycles. The first-order chi connectivity index (χ1) is 6.90. The molecule has 14 heavy (non-hydrogen) atoms. The molecule has 0 unspecified atom stereocenters. The SMILES string of the molecule is CCCNSc1nc2ccccc2s1. The van der Waals surface area contributed by atoms with Crippen molar-refractivity contribution in [3.8, 4) is 0 Å². The summed E-state index contributed by atoms with van der Waals surface area (Å²) in [4.78, 5) is 4.50. The predicted molar refractivity (Wildman–Crippen MR) is 63.8 cm³/mol. The Hall–Kier alpha value is -0.580. The van der Waals surface area contributed by atoms with Gasteiger partial charge in [-0.1, -0.05) is 19.1 Å². The maximum Gasteiger partial charge on any atom is 0.166 e. The molecule has 0 saturated heterocycles. The lowest BCUT2D eigenvalue weighted by Gasteiger charge is -1.95. The van der Waals surface area contributed by atoms with Crippen LogP contribution in [0, 0.1) is 0 Å². The van der Waals surface area contributed by atoms with Crippen molar-refractivity contribution in [1.82, 2.24) is 9.71 Å². The number of para-hydroxylation sites is 1. The van der Waals surface area contributed by atoms with Gasteiger partial charge in [0.15, 0.2) is 4.34 Å². The van der Waals surface area contributed by atoms with E-state index < -0.39 is 0 Å². The number of rotatable bonds is 4. The zero-order chi connectivity index (χ0) is 9.80. The Labute approximate surface area is 91.9 Å². The van der Waals surface area contributed by atoms with Gasteiger partial charge in [-0.3, -0.25) is 4.72 Å². The van der Waals surface area contributed by atoms with Gasteiger partial charge in [0.1, 0.15) is 0 Å². The minimum atomic E-state index is 1.03. The van der Waals surface area contributed by atoms with Gasteiger partial charge in [0.25, 0.3) is 0 Å². The summed E-state index contributed by atoms with van der Waals surface area (Å²) in [6.07, 6.45) is 1.15. The molecule has 1 N–H and O–H groups in total. The van der Waals surface area contributed by atoms with Crippen molar-refractivity contribution in [2.45, 2.75) is 17.7 Å². The van der Waals surface area contributed by atoms with Gasteiger partial charge >= 0.3 is 0 Å². The predicted octanol–water partition coefficient (Wildman–Crippen LogP) is 3.30. The summed E-state index contributed by atoms with van der Waals surface area (Å²) in [5.74, 6) is 0. The molecule has 0 amide bonds. The molecule has 4 heteroatoms. The number of nitrogens with one attached hydrogen (secondary N) is 1. The summed E-state index contributed by atoms with van der Waals surface area (Å²) >= 11 is 3.37. The highest BCUT2D eigenvalue weighted by Gasteiger charge is 2.02. The van der Waals surface area contributed by atoms with Crippen LogP contribution in [0.5, 0.6) is 0 Å². The van der Waals surface area contributed by atoms with E-state index in [1.54, 1.807) is 23.3 Å². The highest BCUT2D eigenvalue weighted by Crippen LogP contribution is 2.27. The zero-order valence-corrected chi connectivity index (χ0v) is 9.62. The fraction of sp³-hybridized carbons (Fsp3) is 0.300. The normalized spacial score (nSPS) is 10.9. The minimum absolute atomic E-state index is 1.03. The Bertz CT molecular complexity index is 378. The largest absolute Gasteiger partial charge is 0.258 e. The van der Waals surface area contributed by atoms with Crippen LogP contribution in [0.2, 0.25) is 0 Å². The maximum absolute atomic E-state index is 4.50. The number of aromatic nitrogens is 1. The Kier molecular flexibility index (Phi) is 3.39. The van der Waals surface area contributed by atoms with E-state index in [1.807, 2.05) is 6.07 Å². The van der Waals surface area contributed by atoms with Gasteiger partial charge in [-0.15, -0.1) is 11.3 Å². The summed E-state index contributed by atoms with van der Waals surface area (Å²) in [6, 6.07) is 8.23. The number of thiazole rings is 1. The van der Waals surface area contributed by atoms with Gasteiger partial charge in [-0.05, 0) is 30.5 Å². The van der Waals surface area contributed by atoms with Crippen LogP contribution in [0.3, 0.4) is 0 Å². The third-order valence-corrected chi connectivity index (χ3v) is 3.73. The first-order valence-electron chi connectivity index (χ1n) is 4.65. The van der Waals surface area contributed by atoms with E-state index in [0.717, 1.165) is 22.8 Å². The average molecular weight is 224 g/mol. The lowest BCUT2D eigenvalue weighted by Crippen LogP contribution is -2.02. The molecule has 2 aromatic rings. The standard InChI is InChI=1S/C10H12N2S2/c1-2-7-11-14-10-12-8-5-3-4-6-9(8)13-10/h3-6,11H,2,7H2,1H3. The second-order valence-corrected chi connectivity index (χ2v) is 5.11. The van der Waals surface area contributed by atoms with Crippen LogP contribution in [0.4, 0.5) is 0 Å². The molecule has 1 aromatic heterocycles. The second kappa shape index (κ2) is 4.77. The molecule has 74 valence electrons. The number of nitrogens with zero attached hydrogens (tertiary/aromatic N) is 1. The Morgan fingerprint density at radius 3 is 3.07 bits per heavy atom. The molecule has 0 fully saturated rings. The van der Waals surface area contributed by atoms with Gasteiger partial charge in [-0.2, -0.15) is 0 Å². The first kappa shape index (κ1) is 9.96. The van der Waals surface area contributed by atoms with Crippen molar-refractivity contribution in [2.75, 3.05) is 6.54 Å². The summed E-state index contributed by atoms with van der Waals surface area (Å²) in [7, 11) is 0. The maximum atomic E-state index is 4.50. The third kappa shape index (κ3) is 2.26. The highest BCUT2D eigenvalue weighted by atomic mass is 32.2. The fourth-order valence-electron chi connectivity index (χ4n) is 1.11. The number of benzene rings is 1. The molecule has 2 rings (SSSR count). The molecule has 0 aliphatic carbocycles. The monoisotopic (exact) mass is 224 g/mol. The topological polar surface area (TPSA) is 24.9 Å². The van der Waals surface area contributed by atoms with Crippen LogP contribution >= 0.6 is 23.3 Å². The van der Waals surface area contributed by atoms with Crippen molar-refractivity contribution in [2.24, 2.45) is 0 Å². The van der Waals surface area contributed by atoms with Crippen LogP contribution in [-0.2, 0) is 0 Å². The third-order valence-electron chi connectivity index (χ3n) is 1.79. The van der Waals surface area contributed by atoms with Crippen molar-refractivity contribution < 1.29 is 0 Å². The average Bonchev–Trinajstić information content (AvgIpc) is 2.60. The highest BCUT2D eigenvalue weighted by molar-refractivity contribution is 7.99. The molecule has 0 atom stereocenters. The van der Waals surface area contributed by atoms with E-state index in [4.69, 9.17) is 0 Å². The van der Waals surface area contributed by atoms with E-state index >= 15 is 0 Å². The summed E-state index contributed by atoms with van der Waals surface area (Å²) in [5, 5.41) is 0. The van der Waals surface area contributed by atoms with Crippen molar-refractivity contribution >= 4 is 33.5 Å². The van der Waals surface area contributed by atoms with Gasteiger partial charge in [-0.25, -0.2) is 4.98 Å². The molecular formula is C10H12N2S2. The van der Waals surface area contributed by atoms with Gasteiger partial charge in [0.05, 0.1) is 10.2 Å². The van der Waals surface area contributed by atoms with Gasteiger partial charge in [0.2, 0.25) is 0 Å². The van der Waals surface area contributed by atoms with Crippen LogP contribution in [0.25, 0.3) is 10.2 Å². The van der Waals surface area contributed by atoms with Crippen LogP contribution in [-0.4, -0.2) is 11.5 Å². The fourth-order valence-corrected chi connectivity index (χ4v) is 2.99. The van der Waals surface area contributed by atoms with Crippen molar-refractivity contribution in [1.29, 1.82) is 0 Å². The number of hydrogen-bond donors (Lipinski definition) is 1. The smallest absolute Gasteiger partial charge is 0.166 e. The van der Waals surface area contributed by atoms with Crippen LogP contribution < -0.4 is 4.72 Å². The Balaban J connectivity index is 2.11. The van der Waals surface area contributed by atoms with E-state index in [2.05, 4.69) is 34.8 Å².